The third kappa shape index (κ3) is 10.3. The van der Waals surface area contributed by atoms with E-state index in [0.717, 1.165) is 51.5 Å². The molecular formula is C18H27N3O6. The van der Waals surface area contributed by atoms with Crippen LogP contribution in [0.15, 0.2) is 30.3 Å². The number of benzene rings is 1. The number of hydrogen-bond acceptors (Lipinski definition) is 6. The molecule has 1 aliphatic rings. The van der Waals surface area contributed by atoms with E-state index in [1.54, 1.807) is 0 Å². The topological polar surface area (TPSA) is 128 Å². The first-order valence-electron chi connectivity index (χ1n) is 8.75. The molecule has 0 radical (unpaired) electrons. The Bertz CT molecular complexity index is 578. The maximum atomic E-state index is 12.0. The standard InChI is InChI=1S/C16H25N3O2.C2H2O4/c1-14(16(20)18-15-6-3-2-4-7-15)17-8-5-9-19-10-12-21-13-11-19;3-1(4)2(5)6/h2-4,6-7,14,17H,5,8-13H2,1H3,(H,18,20);(H,3,4)(H,5,6). The predicted octanol–water partition coefficient (Wildman–Crippen LogP) is 0.481. The van der Waals surface area contributed by atoms with Crippen molar-refractivity contribution in [3.05, 3.63) is 30.3 Å². The summed E-state index contributed by atoms with van der Waals surface area (Å²) < 4.78 is 5.32. The minimum absolute atomic E-state index is 0.00701. The number of carboxylic acid groups (broad SMARTS) is 2. The molecule has 0 aromatic heterocycles. The van der Waals surface area contributed by atoms with E-state index in [1.165, 1.54) is 0 Å². The molecule has 1 amide bonds. The highest BCUT2D eigenvalue weighted by molar-refractivity contribution is 6.27. The molecule has 1 aromatic rings. The van der Waals surface area contributed by atoms with Crippen molar-refractivity contribution in [1.82, 2.24) is 10.2 Å². The minimum atomic E-state index is -1.82. The van der Waals surface area contributed by atoms with E-state index in [9.17, 15) is 4.79 Å². The highest BCUT2D eigenvalue weighted by Crippen LogP contribution is 2.05. The molecule has 1 saturated heterocycles. The zero-order valence-corrected chi connectivity index (χ0v) is 15.4. The average molecular weight is 381 g/mol. The SMILES string of the molecule is CC(NCCCN1CCOCC1)C(=O)Nc1ccccc1.O=C(O)C(=O)O. The lowest BCUT2D eigenvalue weighted by Gasteiger charge is -2.26. The first-order valence-corrected chi connectivity index (χ1v) is 8.75. The molecule has 1 atom stereocenters. The number of morpholine rings is 1. The number of nitrogens with one attached hydrogen (secondary N) is 2. The normalized spacial score (nSPS) is 15.1. The van der Waals surface area contributed by atoms with E-state index in [0.29, 0.717) is 0 Å². The van der Waals surface area contributed by atoms with Gasteiger partial charge in [0.05, 0.1) is 19.3 Å². The Morgan fingerprint density at radius 2 is 1.70 bits per heavy atom. The van der Waals surface area contributed by atoms with E-state index in [2.05, 4.69) is 15.5 Å². The van der Waals surface area contributed by atoms with E-state index < -0.39 is 11.9 Å². The van der Waals surface area contributed by atoms with Gasteiger partial charge in [0, 0.05) is 18.8 Å². The van der Waals surface area contributed by atoms with Crippen LogP contribution in [0, 0.1) is 0 Å². The maximum absolute atomic E-state index is 12.0. The number of anilines is 1. The van der Waals surface area contributed by atoms with Gasteiger partial charge in [0.2, 0.25) is 5.91 Å². The van der Waals surface area contributed by atoms with Gasteiger partial charge in [-0.2, -0.15) is 0 Å². The Hall–Kier alpha value is -2.49. The van der Waals surface area contributed by atoms with E-state index >= 15 is 0 Å². The number of hydrogen-bond donors (Lipinski definition) is 4. The third-order valence-electron chi connectivity index (χ3n) is 3.82. The number of aliphatic carboxylic acids is 2. The fraction of sp³-hybridized carbons (Fsp3) is 0.500. The summed E-state index contributed by atoms with van der Waals surface area (Å²) in [5, 5.41) is 21.0. The third-order valence-corrected chi connectivity index (χ3v) is 3.82. The first-order chi connectivity index (χ1) is 12.9. The van der Waals surface area contributed by atoms with Crippen molar-refractivity contribution in [3.8, 4) is 0 Å². The fourth-order valence-electron chi connectivity index (χ4n) is 2.31. The molecule has 0 spiro atoms. The number of carboxylic acids is 2. The fourth-order valence-corrected chi connectivity index (χ4v) is 2.31. The summed E-state index contributed by atoms with van der Waals surface area (Å²) in [4.78, 5) is 32.6. The molecule has 2 rings (SSSR count). The molecule has 1 fully saturated rings. The molecule has 1 heterocycles. The summed E-state index contributed by atoms with van der Waals surface area (Å²) in [6.07, 6.45) is 1.04. The second kappa shape index (κ2) is 12.8. The highest BCUT2D eigenvalue weighted by Gasteiger charge is 2.13. The van der Waals surface area contributed by atoms with Gasteiger partial charge in [-0.05, 0) is 38.6 Å². The van der Waals surface area contributed by atoms with Crippen molar-refractivity contribution in [2.45, 2.75) is 19.4 Å². The number of rotatable bonds is 7. The van der Waals surface area contributed by atoms with Gasteiger partial charge in [0.1, 0.15) is 0 Å². The lowest BCUT2D eigenvalue weighted by Crippen LogP contribution is -2.41. The quantitative estimate of drug-likeness (QED) is 0.397. The number of nitrogens with zero attached hydrogens (tertiary/aromatic N) is 1. The van der Waals surface area contributed by atoms with Crippen LogP contribution in [0.1, 0.15) is 13.3 Å². The predicted molar refractivity (Wildman–Crippen MR) is 99.7 cm³/mol. The molecule has 150 valence electrons. The zero-order valence-electron chi connectivity index (χ0n) is 15.4. The molecule has 27 heavy (non-hydrogen) atoms. The molecule has 0 aliphatic carbocycles. The van der Waals surface area contributed by atoms with Crippen molar-refractivity contribution in [2.75, 3.05) is 44.7 Å². The molecule has 1 aliphatic heterocycles. The van der Waals surface area contributed by atoms with Gasteiger partial charge in [-0.25, -0.2) is 9.59 Å². The second-order valence-corrected chi connectivity index (χ2v) is 5.95. The lowest BCUT2D eigenvalue weighted by molar-refractivity contribution is -0.159. The van der Waals surface area contributed by atoms with Gasteiger partial charge in [-0.1, -0.05) is 18.2 Å². The average Bonchev–Trinajstić information content (AvgIpc) is 2.67. The Morgan fingerprint density at radius 3 is 2.26 bits per heavy atom. The van der Waals surface area contributed by atoms with Crippen LogP contribution in [-0.4, -0.2) is 78.4 Å². The lowest BCUT2D eigenvalue weighted by atomic mass is 10.2. The summed E-state index contributed by atoms with van der Waals surface area (Å²) >= 11 is 0. The smallest absolute Gasteiger partial charge is 0.414 e. The van der Waals surface area contributed by atoms with Crippen LogP contribution in [0.25, 0.3) is 0 Å². The largest absolute Gasteiger partial charge is 0.473 e. The van der Waals surface area contributed by atoms with Gasteiger partial charge in [0.25, 0.3) is 0 Å². The second-order valence-electron chi connectivity index (χ2n) is 5.95. The van der Waals surface area contributed by atoms with Gasteiger partial charge in [-0.3, -0.25) is 9.69 Å². The van der Waals surface area contributed by atoms with Crippen molar-refractivity contribution < 1.29 is 29.3 Å². The molecule has 0 saturated carbocycles. The first kappa shape index (κ1) is 22.6. The van der Waals surface area contributed by atoms with Crippen LogP contribution in [0.2, 0.25) is 0 Å². The van der Waals surface area contributed by atoms with Gasteiger partial charge in [0.15, 0.2) is 0 Å². The monoisotopic (exact) mass is 381 g/mol. The van der Waals surface area contributed by atoms with Gasteiger partial charge >= 0.3 is 11.9 Å². The summed E-state index contributed by atoms with van der Waals surface area (Å²) in [5.74, 6) is -3.64. The molecule has 9 heteroatoms. The Balaban J connectivity index is 0.000000527. The van der Waals surface area contributed by atoms with Crippen LogP contribution >= 0.6 is 0 Å². The van der Waals surface area contributed by atoms with E-state index in [4.69, 9.17) is 24.5 Å². The zero-order chi connectivity index (χ0) is 20.1. The van der Waals surface area contributed by atoms with Crippen LogP contribution in [0.3, 0.4) is 0 Å². The van der Waals surface area contributed by atoms with Crippen LogP contribution < -0.4 is 10.6 Å². The highest BCUT2D eigenvalue weighted by atomic mass is 16.5. The van der Waals surface area contributed by atoms with Crippen LogP contribution in [0.4, 0.5) is 5.69 Å². The Labute approximate surface area is 158 Å². The van der Waals surface area contributed by atoms with Crippen molar-refractivity contribution >= 4 is 23.5 Å². The number of para-hydroxylation sites is 1. The minimum Gasteiger partial charge on any atom is -0.473 e. The van der Waals surface area contributed by atoms with Crippen molar-refractivity contribution in [1.29, 1.82) is 0 Å². The number of carbonyl (C=O) groups excluding carboxylic acids is 1. The van der Waals surface area contributed by atoms with Crippen LogP contribution in [-0.2, 0) is 19.1 Å². The molecule has 1 aromatic carbocycles. The molecule has 0 bridgehead atoms. The summed E-state index contributed by atoms with van der Waals surface area (Å²) in [6.45, 7) is 7.51. The summed E-state index contributed by atoms with van der Waals surface area (Å²) in [6, 6.07) is 9.36. The molecule has 4 N–H and O–H groups in total. The van der Waals surface area contributed by atoms with Crippen molar-refractivity contribution in [3.63, 3.8) is 0 Å². The van der Waals surface area contributed by atoms with Crippen molar-refractivity contribution in [2.24, 2.45) is 0 Å². The van der Waals surface area contributed by atoms with Gasteiger partial charge < -0.3 is 25.6 Å². The summed E-state index contributed by atoms with van der Waals surface area (Å²) in [7, 11) is 0. The molecule has 9 nitrogen and oxygen atoms in total. The van der Waals surface area contributed by atoms with E-state index in [1.807, 2.05) is 37.3 Å². The Morgan fingerprint density at radius 1 is 1.11 bits per heavy atom. The number of amides is 1. The molecule has 1 unspecified atom stereocenters. The molecular weight excluding hydrogens is 354 g/mol. The van der Waals surface area contributed by atoms with E-state index in [-0.39, 0.29) is 11.9 Å². The number of ether oxygens (including phenoxy) is 1. The number of carbonyl (C=O) groups is 3. The summed E-state index contributed by atoms with van der Waals surface area (Å²) in [5.41, 5.74) is 0.837. The van der Waals surface area contributed by atoms with Crippen LogP contribution in [0.5, 0.6) is 0 Å². The van der Waals surface area contributed by atoms with Gasteiger partial charge in [-0.15, -0.1) is 0 Å². The maximum Gasteiger partial charge on any atom is 0.414 e. The Kier molecular flexibility index (Phi) is 10.7.